The molecule has 0 aliphatic carbocycles. The van der Waals surface area contributed by atoms with Crippen LogP contribution in [0.1, 0.15) is 12.8 Å². The van der Waals surface area contributed by atoms with Gasteiger partial charge in [-0.05, 0) is 31.0 Å². The molecule has 22 heavy (non-hydrogen) atoms. The smallest absolute Gasteiger partial charge is 0.315 e. The zero-order valence-electron chi connectivity index (χ0n) is 11.6. The summed E-state index contributed by atoms with van der Waals surface area (Å²) in [5.74, 6) is 0. The van der Waals surface area contributed by atoms with Gasteiger partial charge in [0, 0.05) is 19.6 Å². The molecular weight excluding hydrogens is 349 g/mol. The van der Waals surface area contributed by atoms with E-state index in [0.29, 0.717) is 37.5 Å². The van der Waals surface area contributed by atoms with E-state index in [2.05, 4.69) is 10.6 Å². The van der Waals surface area contributed by atoms with Gasteiger partial charge in [-0.3, -0.25) is 0 Å². The molecule has 1 spiro atoms. The van der Waals surface area contributed by atoms with Crippen molar-refractivity contribution in [2.24, 2.45) is 0 Å². The Morgan fingerprint density at radius 1 is 1.14 bits per heavy atom. The molecule has 3 rings (SSSR count). The van der Waals surface area contributed by atoms with E-state index in [9.17, 15) is 13.2 Å². The number of benzene rings is 1. The number of amides is 2. The van der Waals surface area contributed by atoms with Crippen LogP contribution >= 0.6 is 23.2 Å². The molecule has 9 heteroatoms. The van der Waals surface area contributed by atoms with Gasteiger partial charge in [0.05, 0.1) is 20.5 Å². The zero-order chi connectivity index (χ0) is 16.0. The number of hydrogen-bond acceptors (Lipinski definition) is 3. The Hall–Kier alpha value is -1.02. The molecule has 0 bridgehead atoms. The van der Waals surface area contributed by atoms with Crippen LogP contribution in [0.3, 0.4) is 0 Å². The van der Waals surface area contributed by atoms with Crippen LogP contribution in [0.2, 0.25) is 10.0 Å². The van der Waals surface area contributed by atoms with Gasteiger partial charge >= 0.3 is 6.03 Å². The third-order valence-corrected chi connectivity index (χ3v) is 6.81. The summed E-state index contributed by atoms with van der Waals surface area (Å²) in [5, 5.41) is 6.15. The molecule has 6 nitrogen and oxygen atoms in total. The molecule has 2 saturated heterocycles. The van der Waals surface area contributed by atoms with Gasteiger partial charge in [-0.1, -0.05) is 23.2 Å². The molecule has 120 valence electrons. The Kier molecular flexibility index (Phi) is 4.01. The number of nitrogens with one attached hydrogen (secondary N) is 2. The largest absolute Gasteiger partial charge is 0.336 e. The van der Waals surface area contributed by atoms with Gasteiger partial charge in [-0.25, -0.2) is 13.2 Å². The van der Waals surface area contributed by atoms with E-state index in [4.69, 9.17) is 23.2 Å². The number of rotatable bonds is 2. The van der Waals surface area contributed by atoms with E-state index >= 15 is 0 Å². The molecule has 1 aromatic rings. The summed E-state index contributed by atoms with van der Waals surface area (Å²) in [6.45, 7) is 1.24. The van der Waals surface area contributed by atoms with Crippen LogP contribution in [0.25, 0.3) is 0 Å². The van der Waals surface area contributed by atoms with Crippen molar-refractivity contribution in [3.63, 3.8) is 0 Å². The van der Waals surface area contributed by atoms with Crippen LogP contribution in [0.5, 0.6) is 0 Å². The number of halogens is 2. The first kappa shape index (κ1) is 15.9. The van der Waals surface area contributed by atoms with Gasteiger partial charge in [0.2, 0.25) is 10.0 Å². The minimum atomic E-state index is -3.60. The van der Waals surface area contributed by atoms with E-state index in [-0.39, 0.29) is 21.5 Å². The SMILES string of the molecule is O=C1NCC2(CCN(S(=O)(=O)c3ccc(Cl)c(Cl)c3)CC2)N1. The second-order valence-corrected chi connectivity index (χ2v) is 8.32. The fraction of sp³-hybridized carbons (Fsp3) is 0.462. The van der Waals surface area contributed by atoms with E-state index in [0.717, 1.165) is 0 Å². The van der Waals surface area contributed by atoms with Crippen LogP contribution in [0, 0.1) is 0 Å². The van der Waals surface area contributed by atoms with Crippen LogP contribution < -0.4 is 10.6 Å². The quantitative estimate of drug-likeness (QED) is 0.841. The summed E-state index contributed by atoms with van der Waals surface area (Å²) in [7, 11) is -3.60. The summed E-state index contributed by atoms with van der Waals surface area (Å²) in [6.07, 6.45) is 1.15. The summed E-state index contributed by atoms with van der Waals surface area (Å²) in [5.41, 5.74) is -0.333. The number of sulfonamides is 1. The van der Waals surface area contributed by atoms with Crippen LogP contribution in [-0.4, -0.2) is 43.9 Å². The number of carbonyl (C=O) groups excluding carboxylic acids is 1. The molecule has 2 N–H and O–H groups in total. The van der Waals surface area contributed by atoms with Gasteiger partial charge in [0.25, 0.3) is 0 Å². The van der Waals surface area contributed by atoms with Crippen molar-refractivity contribution in [1.82, 2.24) is 14.9 Å². The first-order valence-corrected chi connectivity index (χ1v) is 9.03. The molecule has 0 saturated carbocycles. The first-order valence-electron chi connectivity index (χ1n) is 6.84. The maximum atomic E-state index is 12.6. The summed E-state index contributed by atoms with van der Waals surface area (Å²) in [4.78, 5) is 11.4. The molecule has 0 atom stereocenters. The predicted octanol–water partition coefficient (Wildman–Crippen LogP) is 1.83. The van der Waals surface area contributed by atoms with Gasteiger partial charge in [-0.2, -0.15) is 4.31 Å². The van der Waals surface area contributed by atoms with E-state index in [1.807, 2.05) is 0 Å². The second kappa shape index (κ2) is 5.56. The van der Waals surface area contributed by atoms with Crippen molar-refractivity contribution < 1.29 is 13.2 Å². The fourth-order valence-electron chi connectivity index (χ4n) is 2.82. The average Bonchev–Trinajstić information content (AvgIpc) is 2.83. The second-order valence-electron chi connectivity index (χ2n) is 5.57. The Morgan fingerprint density at radius 2 is 1.82 bits per heavy atom. The van der Waals surface area contributed by atoms with Crippen LogP contribution in [0.15, 0.2) is 23.1 Å². The molecule has 2 fully saturated rings. The van der Waals surface area contributed by atoms with E-state index in [1.54, 1.807) is 0 Å². The topological polar surface area (TPSA) is 78.5 Å². The average molecular weight is 364 g/mol. The molecular formula is C13H15Cl2N3O3S. The molecule has 2 heterocycles. The highest BCUT2D eigenvalue weighted by Crippen LogP contribution is 2.30. The third kappa shape index (κ3) is 2.78. The molecule has 2 amide bonds. The van der Waals surface area contributed by atoms with Crippen molar-refractivity contribution in [3.8, 4) is 0 Å². The minimum Gasteiger partial charge on any atom is -0.336 e. The number of piperidine rings is 1. The Labute approximate surface area is 138 Å². The lowest BCUT2D eigenvalue weighted by molar-refractivity contribution is 0.216. The molecule has 2 aliphatic heterocycles. The number of nitrogens with zero attached hydrogens (tertiary/aromatic N) is 1. The monoisotopic (exact) mass is 363 g/mol. The van der Waals surface area contributed by atoms with Crippen LogP contribution in [0.4, 0.5) is 4.79 Å². The maximum absolute atomic E-state index is 12.6. The number of carbonyl (C=O) groups is 1. The van der Waals surface area contributed by atoms with Crippen molar-refractivity contribution in [3.05, 3.63) is 28.2 Å². The zero-order valence-corrected chi connectivity index (χ0v) is 13.9. The lowest BCUT2D eigenvalue weighted by Crippen LogP contribution is -2.53. The summed E-state index contributed by atoms with van der Waals surface area (Å²) >= 11 is 11.7. The Balaban J connectivity index is 1.77. The molecule has 2 aliphatic rings. The Bertz CT molecular complexity index is 715. The van der Waals surface area contributed by atoms with Crippen molar-refractivity contribution in [1.29, 1.82) is 0 Å². The van der Waals surface area contributed by atoms with Crippen molar-refractivity contribution in [2.45, 2.75) is 23.3 Å². The van der Waals surface area contributed by atoms with Crippen molar-refractivity contribution in [2.75, 3.05) is 19.6 Å². The van der Waals surface area contributed by atoms with Crippen LogP contribution in [-0.2, 0) is 10.0 Å². The highest BCUT2D eigenvalue weighted by molar-refractivity contribution is 7.89. The van der Waals surface area contributed by atoms with Gasteiger partial charge in [0.15, 0.2) is 0 Å². The fourth-order valence-corrected chi connectivity index (χ4v) is 4.65. The first-order chi connectivity index (χ1) is 10.3. The normalized spacial score (nSPS) is 21.6. The summed E-state index contributed by atoms with van der Waals surface area (Å²) < 4.78 is 26.7. The molecule has 0 aromatic heterocycles. The maximum Gasteiger partial charge on any atom is 0.315 e. The van der Waals surface area contributed by atoms with Gasteiger partial charge in [0.1, 0.15) is 0 Å². The standard InChI is InChI=1S/C13H15Cl2N3O3S/c14-10-2-1-9(7-11(10)15)22(20,21)18-5-3-13(4-6-18)8-16-12(19)17-13/h1-2,7H,3-6,8H2,(H2,16,17,19). The Morgan fingerprint density at radius 3 is 2.36 bits per heavy atom. The van der Waals surface area contributed by atoms with Gasteiger partial charge < -0.3 is 10.6 Å². The molecule has 0 radical (unpaired) electrons. The van der Waals surface area contributed by atoms with Gasteiger partial charge in [-0.15, -0.1) is 0 Å². The van der Waals surface area contributed by atoms with E-state index < -0.39 is 10.0 Å². The lowest BCUT2D eigenvalue weighted by Gasteiger charge is -2.37. The number of hydrogen-bond donors (Lipinski definition) is 2. The minimum absolute atomic E-state index is 0.131. The third-order valence-electron chi connectivity index (χ3n) is 4.17. The van der Waals surface area contributed by atoms with E-state index in [1.165, 1.54) is 22.5 Å². The summed E-state index contributed by atoms with van der Waals surface area (Å²) in [6, 6.07) is 4.10. The predicted molar refractivity (Wildman–Crippen MR) is 83.7 cm³/mol. The lowest BCUT2D eigenvalue weighted by atomic mass is 9.90. The molecule has 1 aromatic carbocycles. The number of urea groups is 1. The van der Waals surface area contributed by atoms with Crippen molar-refractivity contribution >= 4 is 39.3 Å². The molecule has 0 unspecified atom stereocenters. The highest BCUT2D eigenvalue weighted by atomic mass is 35.5. The highest BCUT2D eigenvalue weighted by Gasteiger charge is 2.42.